The Morgan fingerprint density at radius 3 is 1.40 bits per heavy atom. The van der Waals surface area contributed by atoms with Crippen molar-refractivity contribution in [3.05, 3.63) is 94.8 Å². The van der Waals surface area contributed by atoms with Gasteiger partial charge in [-0.15, -0.1) is 10.2 Å². The van der Waals surface area contributed by atoms with E-state index < -0.39 is 0 Å². The molecule has 14 nitrogen and oxygen atoms in total. The highest BCUT2D eigenvalue weighted by Crippen LogP contribution is 2.40. The van der Waals surface area contributed by atoms with Crippen LogP contribution in [-0.4, -0.2) is 92.0 Å². The topological polar surface area (TPSA) is 176 Å². The zero-order chi connectivity index (χ0) is 34.2. The predicted molar refractivity (Wildman–Crippen MR) is 177 cm³/mol. The molecule has 14 heteroatoms. The average Bonchev–Trinajstić information content (AvgIpc) is 3.09. The van der Waals surface area contributed by atoms with Crippen LogP contribution in [0.15, 0.2) is 60.9 Å². The summed E-state index contributed by atoms with van der Waals surface area (Å²) in [6.07, 6.45) is 6.77. The maximum Gasteiger partial charge on any atom is 0.254 e. The summed E-state index contributed by atoms with van der Waals surface area (Å²) in [6.45, 7) is 0. The van der Waals surface area contributed by atoms with E-state index in [-0.39, 0.29) is 48.3 Å². The Balaban J connectivity index is 1.10. The Kier molecular flexibility index (Phi) is 10.7. The molecule has 1 aliphatic rings. The van der Waals surface area contributed by atoms with Crippen molar-refractivity contribution in [2.24, 2.45) is 0 Å². The summed E-state index contributed by atoms with van der Waals surface area (Å²) in [4.78, 5) is 60.6. The molecular weight excluding hydrogens is 612 g/mol. The number of pyridine rings is 2. The molecule has 0 spiro atoms. The molecule has 1 aliphatic carbocycles. The normalized spacial score (nSPS) is 15.7. The second-order valence-corrected chi connectivity index (χ2v) is 12.2. The quantitative estimate of drug-likeness (QED) is 0.259. The van der Waals surface area contributed by atoms with E-state index in [0.717, 1.165) is 37.1 Å². The van der Waals surface area contributed by atoms with Crippen LogP contribution in [0.1, 0.15) is 81.0 Å². The molecule has 4 amide bonds. The van der Waals surface area contributed by atoms with Gasteiger partial charge in [0, 0.05) is 63.8 Å². The van der Waals surface area contributed by atoms with E-state index in [1.165, 1.54) is 22.2 Å². The van der Waals surface area contributed by atoms with Crippen LogP contribution in [0.25, 0.3) is 0 Å². The Labute approximate surface area is 278 Å². The number of hydrogen-bond acceptors (Lipinski definition) is 10. The second-order valence-electron chi connectivity index (χ2n) is 12.2. The molecule has 0 aromatic carbocycles. The number of carbonyl (C=O) groups excluding carboxylic acids is 4. The number of carbonyl (C=O) groups is 4. The van der Waals surface area contributed by atoms with Crippen LogP contribution in [0.3, 0.4) is 0 Å². The first-order valence-corrected chi connectivity index (χ1v) is 15.7. The third-order valence-electron chi connectivity index (χ3n) is 8.06. The van der Waals surface area contributed by atoms with Crippen molar-refractivity contribution in [3.8, 4) is 0 Å². The zero-order valence-corrected chi connectivity index (χ0v) is 27.4. The van der Waals surface area contributed by atoms with E-state index >= 15 is 0 Å². The minimum absolute atomic E-state index is 0.0408. The van der Waals surface area contributed by atoms with E-state index in [1.54, 1.807) is 64.6 Å². The van der Waals surface area contributed by atoms with E-state index in [1.807, 2.05) is 12.1 Å². The van der Waals surface area contributed by atoms with Gasteiger partial charge in [0.05, 0.1) is 35.4 Å². The van der Waals surface area contributed by atoms with Gasteiger partial charge in [-0.25, -0.2) is 0 Å². The first kappa shape index (κ1) is 33.7. The van der Waals surface area contributed by atoms with Gasteiger partial charge in [-0.2, -0.15) is 10.2 Å². The van der Waals surface area contributed by atoms with Crippen LogP contribution in [0.5, 0.6) is 0 Å². The SMILES string of the molecule is CN(C)C(=O)c1ccc(CC(=O)Nc2ccc([C@H]3CCC[C@H](c4ccc(NC(=O)Cc5ccc(C(=O)N(C)C)cn5)nn4)C3)nn2)nc1. The van der Waals surface area contributed by atoms with Crippen molar-refractivity contribution in [2.45, 2.75) is 50.4 Å². The number of aromatic nitrogens is 6. The van der Waals surface area contributed by atoms with Gasteiger partial charge >= 0.3 is 0 Å². The molecule has 0 bridgehead atoms. The van der Waals surface area contributed by atoms with Crippen LogP contribution >= 0.6 is 0 Å². The predicted octanol–water partition coefficient (Wildman–Crippen LogP) is 3.26. The van der Waals surface area contributed by atoms with E-state index in [4.69, 9.17) is 0 Å². The van der Waals surface area contributed by atoms with Gasteiger partial charge in [-0.1, -0.05) is 6.42 Å². The zero-order valence-electron chi connectivity index (χ0n) is 27.4. The van der Waals surface area contributed by atoms with E-state index in [9.17, 15) is 19.2 Å². The standard InChI is InChI=1S/C34H38N10O4/c1-43(2)33(47)23-8-10-25(35-19-23)17-31(45)37-29-14-12-27(39-41-29)21-6-5-7-22(16-21)28-13-15-30(42-40-28)38-32(46)18-26-11-9-24(20-36-26)34(48)44(3)4/h8-15,19-22H,5-7,16-18H2,1-4H3,(H,37,41,45)(H,38,42,46)/t21-,22-/m0/s1. The first-order chi connectivity index (χ1) is 23.0. The fourth-order valence-electron chi connectivity index (χ4n) is 5.51. The summed E-state index contributed by atoms with van der Waals surface area (Å²) in [5.74, 6) is 0.200. The van der Waals surface area contributed by atoms with Gasteiger partial charge in [0.2, 0.25) is 11.8 Å². The van der Waals surface area contributed by atoms with Gasteiger partial charge in [-0.05, 0) is 67.8 Å². The third kappa shape index (κ3) is 8.78. The molecule has 1 fully saturated rings. The molecule has 2 atom stereocenters. The van der Waals surface area contributed by atoms with Crippen molar-refractivity contribution < 1.29 is 19.2 Å². The van der Waals surface area contributed by atoms with Gasteiger partial charge in [0.25, 0.3) is 11.8 Å². The summed E-state index contributed by atoms with van der Waals surface area (Å²) in [7, 11) is 6.67. The fraction of sp³-hybridized carbons (Fsp3) is 0.353. The summed E-state index contributed by atoms with van der Waals surface area (Å²) in [5, 5.41) is 22.8. The maximum atomic E-state index is 12.6. The van der Waals surface area contributed by atoms with Crippen LogP contribution in [0.4, 0.5) is 11.6 Å². The highest BCUT2D eigenvalue weighted by Gasteiger charge is 2.27. The molecule has 4 heterocycles. The van der Waals surface area contributed by atoms with Crippen molar-refractivity contribution in [3.63, 3.8) is 0 Å². The lowest BCUT2D eigenvalue weighted by Gasteiger charge is -2.28. The van der Waals surface area contributed by atoms with Crippen molar-refractivity contribution in [1.29, 1.82) is 0 Å². The Hall–Kier alpha value is -5.66. The largest absolute Gasteiger partial charge is 0.345 e. The van der Waals surface area contributed by atoms with Gasteiger partial charge < -0.3 is 20.4 Å². The van der Waals surface area contributed by atoms with Gasteiger partial charge in [-0.3, -0.25) is 29.1 Å². The Morgan fingerprint density at radius 2 is 1.06 bits per heavy atom. The van der Waals surface area contributed by atoms with Gasteiger partial charge in [0.1, 0.15) is 0 Å². The second kappa shape index (κ2) is 15.3. The monoisotopic (exact) mass is 650 g/mol. The highest BCUT2D eigenvalue weighted by molar-refractivity contribution is 5.95. The molecule has 1 saturated carbocycles. The Bertz CT molecular complexity index is 1610. The number of nitrogens with one attached hydrogen (secondary N) is 2. The molecule has 2 N–H and O–H groups in total. The highest BCUT2D eigenvalue weighted by atomic mass is 16.2. The molecule has 48 heavy (non-hydrogen) atoms. The average molecular weight is 651 g/mol. The molecule has 0 aliphatic heterocycles. The summed E-state index contributed by atoms with van der Waals surface area (Å²) in [6, 6.07) is 13.9. The number of amides is 4. The van der Waals surface area contributed by atoms with E-state index in [2.05, 4.69) is 41.0 Å². The van der Waals surface area contributed by atoms with Crippen molar-refractivity contribution >= 4 is 35.3 Å². The minimum Gasteiger partial charge on any atom is -0.345 e. The number of anilines is 2. The molecule has 0 saturated heterocycles. The van der Waals surface area contributed by atoms with Crippen molar-refractivity contribution in [2.75, 3.05) is 38.8 Å². The number of hydrogen-bond donors (Lipinski definition) is 2. The van der Waals surface area contributed by atoms with Crippen LogP contribution in [0, 0.1) is 0 Å². The first-order valence-electron chi connectivity index (χ1n) is 15.7. The van der Waals surface area contributed by atoms with Crippen LogP contribution in [0.2, 0.25) is 0 Å². The van der Waals surface area contributed by atoms with E-state index in [0.29, 0.717) is 34.2 Å². The summed E-state index contributed by atoms with van der Waals surface area (Å²) in [5.41, 5.74) is 3.69. The lowest BCUT2D eigenvalue weighted by atomic mass is 9.78. The fourth-order valence-corrected chi connectivity index (χ4v) is 5.51. The summed E-state index contributed by atoms with van der Waals surface area (Å²) >= 11 is 0. The summed E-state index contributed by atoms with van der Waals surface area (Å²) < 4.78 is 0. The molecule has 0 unspecified atom stereocenters. The van der Waals surface area contributed by atoms with Crippen LogP contribution < -0.4 is 10.6 Å². The van der Waals surface area contributed by atoms with Crippen LogP contribution in [-0.2, 0) is 22.4 Å². The number of rotatable bonds is 10. The maximum absolute atomic E-state index is 12.6. The lowest BCUT2D eigenvalue weighted by molar-refractivity contribution is -0.116. The smallest absolute Gasteiger partial charge is 0.254 e. The lowest BCUT2D eigenvalue weighted by Crippen LogP contribution is -2.22. The molecule has 5 rings (SSSR count). The van der Waals surface area contributed by atoms with Gasteiger partial charge in [0.15, 0.2) is 11.6 Å². The molecule has 0 radical (unpaired) electrons. The molecule has 4 aromatic rings. The van der Waals surface area contributed by atoms with Crippen molar-refractivity contribution in [1.82, 2.24) is 40.2 Å². The molecular formula is C34H38N10O4. The number of nitrogens with zero attached hydrogens (tertiary/aromatic N) is 8. The Morgan fingerprint density at radius 1 is 0.625 bits per heavy atom. The third-order valence-corrected chi connectivity index (χ3v) is 8.06. The molecule has 248 valence electrons. The minimum atomic E-state index is -0.282. The molecule has 4 aromatic heterocycles.